The molecule has 0 spiro atoms. The van der Waals surface area contributed by atoms with E-state index in [2.05, 4.69) is 14.9 Å². The van der Waals surface area contributed by atoms with E-state index < -0.39 is 6.10 Å². The maximum Gasteiger partial charge on any atom is 0.278 e. The molecule has 8 heteroatoms. The number of non-ortho nitro benzene ring substituents is 1. The Hall–Kier alpha value is -3.00. The lowest BCUT2D eigenvalue weighted by Gasteiger charge is -2.35. The molecule has 1 aromatic carbocycles. The Bertz CT molecular complexity index is 978. The van der Waals surface area contributed by atoms with Crippen LogP contribution in [0.5, 0.6) is 0 Å². The van der Waals surface area contributed by atoms with Crippen molar-refractivity contribution in [3.05, 3.63) is 58.8 Å². The average molecular weight is 367 g/mol. The first kappa shape index (κ1) is 17.4. The van der Waals surface area contributed by atoms with Crippen LogP contribution in [0.3, 0.4) is 0 Å². The Morgan fingerprint density at radius 1 is 1.22 bits per heavy atom. The number of rotatable bonds is 4. The van der Waals surface area contributed by atoms with Gasteiger partial charge in [-0.15, -0.1) is 0 Å². The van der Waals surface area contributed by atoms with Gasteiger partial charge in [0.25, 0.3) is 5.69 Å². The second-order valence-electron chi connectivity index (χ2n) is 6.93. The van der Waals surface area contributed by atoms with E-state index >= 15 is 0 Å². The van der Waals surface area contributed by atoms with E-state index in [-0.39, 0.29) is 16.5 Å². The Balaban J connectivity index is 1.56. The second-order valence-corrected chi connectivity index (χ2v) is 6.93. The molecule has 1 aliphatic rings. The van der Waals surface area contributed by atoms with Crippen LogP contribution in [0, 0.1) is 16.0 Å². The third-order valence-corrected chi connectivity index (χ3v) is 5.37. The zero-order chi connectivity index (χ0) is 19.0. The molecule has 3 aromatic rings. The third kappa shape index (κ3) is 3.12. The summed E-state index contributed by atoms with van der Waals surface area (Å²) in [5, 5.41) is 22.5. The predicted molar refractivity (Wildman–Crippen MR) is 102 cm³/mol. The lowest BCUT2D eigenvalue weighted by atomic mass is 9.90. The van der Waals surface area contributed by atoms with E-state index in [0.29, 0.717) is 16.7 Å². The minimum absolute atomic E-state index is 0.0712. The van der Waals surface area contributed by atoms with E-state index in [4.69, 9.17) is 0 Å². The van der Waals surface area contributed by atoms with Gasteiger partial charge in [-0.1, -0.05) is 0 Å². The van der Waals surface area contributed by atoms with Crippen LogP contribution in [0.25, 0.3) is 10.9 Å². The van der Waals surface area contributed by atoms with Gasteiger partial charge in [-0.3, -0.25) is 15.1 Å². The van der Waals surface area contributed by atoms with Crippen molar-refractivity contribution >= 4 is 22.3 Å². The number of nitrogens with zero attached hydrogens (tertiary/aromatic N) is 5. The SMILES string of the molecule is Cn1ccnc1C(O)C1CCN(c2ccc([N+](=O)[O-])c3cccnc23)CC1. The van der Waals surface area contributed by atoms with E-state index in [1.807, 2.05) is 17.8 Å². The number of benzene rings is 1. The van der Waals surface area contributed by atoms with Crippen LogP contribution < -0.4 is 4.90 Å². The Labute approximate surface area is 156 Å². The highest BCUT2D eigenvalue weighted by Gasteiger charge is 2.29. The molecular formula is C19H21N5O3. The molecule has 1 aliphatic heterocycles. The summed E-state index contributed by atoms with van der Waals surface area (Å²) in [6.45, 7) is 1.52. The Morgan fingerprint density at radius 2 is 2.00 bits per heavy atom. The molecule has 0 aliphatic carbocycles. The van der Waals surface area contributed by atoms with Crippen LogP contribution >= 0.6 is 0 Å². The molecule has 1 atom stereocenters. The van der Waals surface area contributed by atoms with Crippen LogP contribution in [-0.2, 0) is 7.05 Å². The highest BCUT2D eigenvalue weighted by Crippen LogP contribution is 2.36. The van der Waals surface area contributed by atoms with Gasteiger partial charge in [-0.25, -0.2) is 4.98 Å². The van der Waals surface area contributed by atoms with Gasteiger partial charge in [0.2, 0.25) is 0 Å². The molecule has 0 bridgehead atoms. The first-order valence-electron chi connectivity index (χ1n) is 8.98. The molecule has 1 N–H and O–H groups in total. The first-order chi connectivity index (χ1) is 13.1. The molecule has 2 aromatic heterocycles. The fourth-order valence-electron chi connectivity index (χ4n) is 3.89. The van der Waals surface area contributed by atoms with Gasteiger partial charge in [0.05, 0.1) is 16.0 Å². The summed E-state index contributed by atoms with van der Waals surface area (Å²) < 4.78 is 1.85. The molecule has 1 fully saturated rings. The molecule has 3 heterocycles. The highest BCUT2D eigenvalue weighted by atomic mass is 16.6. The van der Waals surface area contributed by atoms with Crippen molar-refractivity contribution in [2.24, 2.45) is 13.0 Å². The monoisotopic (exact) mass is 367 g/mol. The number of nitro benzene ring substituents is 1. The summed E-state index contributed by atoms with van der Waals surface area (Å²) in [6, 6.07) is 6.78. The molecule has 8 nitrogen and oxygen atoms in total. The normalized spacial score (nSPS) is 16.6. The smallest absolute Gasteiger partial charge is 0.278 e. The Kier molecular flexibility index (Phi) is 4.49. The van der Waals surface area contributed by atoms with Crippen molar-refractivity contribution < 1.29 is 10.0 Å². The minimum atomic E-state index is -0.584. The van der Waals surface area contributed by atoms with Gasteiger partial charge in [0.1, 0.15) is 17.4 Å². The number of aliphatic hydroxyl groups excluding tert-OH is 1. The van der Waals surface area contributed by atoms with E-state index in [1.54, 1.807) is 36.7 Å². The van der Waals surface area contributed by atoms with Crippen LogP contribution in [0.2, 0.25) is 0 Å². The average Bonchev–Trinajstić information content (AvgIpc) is 3.12. The van der Waals surface area contributed by atoms with Gasteiger partial charge in [0, 0.05) is 44.8 Å². The molecule has 1 unspecified atom stereocenters. The number of pyridine rings is 1. The Morgan fingerprint density at radius 3 is 2.67 bits per heavy atom. The minimum Gasteiger partial charge on any atom is -0.385 e. The van der Waals surface area contributed by atoms with Crippen molar-refractivity contribution in [2.45, 2.75) is 18.9 Å². The van der Waals surface area contributed by atoms with Gasteiger partial charge < -0.3 is 14.6 Å². The van der Waals surface area contributed by atoms with Crippen molar-refractivity contribution in [2.75, 3.05) is 18.0 Å². The van der Waals surface area contributed by atoms with Crippen molar-refractivity contribution in [3.8, 4) is 0 Å². The number of hydrogen-bond acceptors (Lipinski definition) is 6. The number of hydrogen-bond donors (Lipinski definition) is 1. The summed E-state index contributed by atoms with van der Waals surface area (Å²) >= 11 is 0. The fraction of sp³-hybridized carbons (Fsp3) is 0.368. The molecule has 4 rings (SSSR count). The predicted octanol–water partition coefficient (Wildman–Crippen LogP) is 2.83. The number of fused-ring (bicyclic) bond motifs is 1. The number of anilines is 1. The van der Waals surface area contributed by atoms with E-state index in [9.17, 15) is 15.2 Å². The zero-order valence-electron chi connectivity index (χ0n) is 15.0. The van der Waals surface area contributed by atoms with Crippen molar-refractivity contribution in [1.29, 1.82) is 0 Å². The molecule has 1 saturated heterocycles. The first-order valence-corrected chi connectivity index (χ1v) is 8.98. The molecular weight excluding hydrogens is 346 g/mol. The standard InChI is InChI=1S/C19H21N5O3/c1-22-12-9-21-19(22)18(25)13-6-10-23(11-7-13)16-5-4-15(24(26)27)14-3-2-8-20-17(14)16/h2-5,8-9,12-13,18,25H,6-7,10-11H2,1H3. The molecule has 140 valence electrons. The topological polar surface area (TPSA) is 97.3 Å². The summed E-state index contributed by atoms with van der Waals surface area (Å²) in [4.78, 5) is 21.8. The lowest BCUT2D eigenvalue weighted by molar-refractivity contribution is -0.383. The number of aryl methyl sites for hydroxylation is 1. The van der Waals surface area contributed by atoms with Gasteiger partial charge in [-0.05, 0) is 37.0 Å². The fourth-order valence-corrected chi connectivity index (χ4v) is 3.89. The van der Waals surface area contributed by atoms with Crippen LogP contribution in [0.4, 0.5) is 11.4 Å². The maximum absolute atomic E-state index is 11.3. The van der Waals surface area contributed by atoms with Crippen LogP contribution in [0.1, 0.15) is 24.8 Å². The van der Waals surface area contributed by atoms with Gasteiger partial charge in [-0.2, -0.15) is 0 Å². The van der Waals surface area contributed by atoms with Crippen LogP contribution in [-0.4, -0.2) is 37.7 Å². The molecule has 27 heavy (non-hydrogen) atoms. The van der Waals surface area contributed by atoms with E-state index in [0.717, 1.165) is 31.6 Å². The zero-order valence-corrected chi connectivity index (χ0v) is 15.0. The summed E-state index contributed by atoms with van der Waals surface area (Å²) in [6.07, 6.45) is 6.25. The highest BCUT2D eigenvalue weighted by molar-refractivity contribution is 5.97. The van der Waals surface area contributed by atoms with E-state index in [1.165, 1.54) is 0 Å². The summed E-state index contributed by atoms with van der Waals surface area (Å²) in [5.74, 6) is 0.829. The summed E-state index contributed by atoms with van der Waals surface area (Å²) in [5.41, 5.74) is 1.62. The molecule has 0 amide bonds. The van der Waals surface area contributed by atoms with Crippen molar-refractivity contribution in [3.63, 3.8) is 0 Å². The molecule has 0 radical (unpaired) electrons. The quantitative estimate of drug-likeness (QED) is 0.562. The number of imidazole rings is 1. The largest absolute Gasteiger partial charge is 0.385 e. The number of aromatic nitrogens is 3. The second kappa shape index (κ2) is 6.96. The molecule has 0 saturated carbocycles. The summed E-state index contributed by atoms with van der Waals surface area (Å²) in [7, 11) is 1.88. The third-order valence-electron chi connectivity index (χ3n) is 5.37. The van der Waals surface area contributed by atoms with Crippen LogP contribution in [0.15, 0.2) is 42.9 Å². The number of aliphatic hydroxyl groups is 1. The number of piperidine rings is 1. The van der Waals surface area contributed by atoms with Gasteiger partial charge >= 0.3 is 0 Å². The maximum atomic E-state index is 11.3. The van der Waals surface area contributed by atoms with Gasteiger partial charge in [0.15, 0.2) is 0 Å². The van der Waals surface area contributed by atoms with Crippen molar-refractivity contribution in [1.82, 2.24) is 14.5 Å². The number of nitro groups is 1. The lowest BCUT2D eigenvalue weighted by Crippen LogP contribution is -2.36.